The maximum absolute atomic E-state index is 11.3. The third-order valence-electron chi connectivity index (χ3n) is 3.30. The molecule has 1 aliphatic heterocycles. The van der Waals surface area contributed by atoms with Gasteiger partial charge in [-0.2, -0.15) is 0 Å². The number of ether oxygens (including phenoxy) is 4. The quantitative estimate of drug-likeness (QED) is 0.689. The fourth-order valence-corrected chi connectivity index (χ4v) is 3.42. The predicted molar refractivity (Wildman–Crippen MR) is 78.9 cm³/mol. The van der Waals surface area contributed by atoms with Crippen molar-refractivity contribution in [3.8, 4) is 0 Å². The molecule has 0 aliphatic carbocycles. The molecule has 1 saturated heterocycles. The van der Waals surface area contributed by atoms with Crippen LogP contribution >= 0.6 is 11.8 Å². The molecule has 7 heteroatoms. The summed E-state index contributed by atoms with van der Waals surface area (Å²) in [5.41, 5.74) is -0.0904. The second-order valence-electron chi connectivity index (χ2n) is 4.93. The van der Waals surface area contributed by atoms with E-state index in [1.54, 1.807) is 18.9 Å². The highest BCUT2D eigenvalue weighted by Crippen LogP contribution is 2.35. The summed E-state index contributed by atoms with van der Waals surface area (Å²) in [5.74, 6) is 0.141. The van der Waals surface area contributed by atoms with Gasteiger partial charge in [0.25, 0.3) is 0 Å². The molecule has 5 atom stereocenters. The lowest BCUT2D eigenvalue weighted by molar-refractivity contribution is -0.212. The Morgan fingerprint density at radius 2 is 1.86 bits per heavy atom. The lowest BCUT2D eigenvalue weighted by Gasteiger charge is -2.43. The number of hydrogen-bond donors (Lipinski definition) is 0. The SMILES string of the molecule is CCS[C@@H]1OC(COC(C)=O)[C@H](OC(C)=O)[C@H](OC)C1C. The summed E-state index contributed by atoms with van der Waals surface area (Å²) in [6.07, 6.45) is -1.41. The highest BCUT2D eigenvalue weighted by Gasteiger charge is 2.46. The van der Waals surface area contributed by atoms with Crippen LogP contribution < -0.4 is 0 Å². The maximum atomic E-state index is 11.3. The first kappa shape index (κ1) is 18.3. The Bertz CT molecular complexity index is 361. The van der Waals surface area contributed by atoms with Crippen LogP contribution in [0.3, 0.4) is 0 Å². The van der Waals surface area contributed by atoms with Crippen molar-refractivity contribution in [3.05, 3.63) is 0 Å². The van der Waals surface area contributed by atoms with Gasteiger partial charge in [0.15, 0.2) is 6.10 Å². The van der Waals surface area contributed by atoms with Gasteiger partial charge in [-0.15, -0.1) is 11.8 Å². The van der Waals surface area contributed by atoms with Crippen LogP contribution in [-0.4, -0.2) is 55.2 Å². The van der Waals surface area contributed by atoms with Gasteiger partial charge in [-0.3, -0.25) is 9.59 Å². The van der Waals surface area contributed by atoms with Crippen molar-refractivity contribution in [2.24, 2.45) is 5.92 Å². The van der Waals surface area contributed by atoms with Crippen molar-refractivity contribution >= 4 is 23.7 Å². The molecule has 21 heavy (non-hydrogen) atoms. The van der Waals surface area contributed by atoms with Crippen LogP contribution in [0.5, 0.6) is 0 Å². The molecule has 1 rings (SSSR count). The van der Waals surface area contributed by atoms with Crippen LogP contribution in [0.4, 0.5) is 0 Å². The molecule has 0 N–H and O–H groups in total. The van der Waals surface area contributed by atoms with E-state index in [0.717, 1.165) is 5.75 Å². The summed E-state index contributed by atoms with van der Waals surface area (Å²) in [6.45, 7) is 6.76. The molecule has 0 radical (unpaired) electrons. The minimum absolute atomic E-state index is 0.0423. The van der Waals surface area contributed by atoms with E-state index in [1.807, 2.05) is 13.8 Å². The van der Waals surface area contributed by atoms with Gasteiger partial charge in [0.05, 0.1) is 0 Å². The van der Waals surface area contributed by atoms with E-state index in [2.05, 4.69) is 0 Å². The van der Waals surface area contributed by atoms with Gasteiger partial charge in [0, 0.05) is 26.9 Å². The highest BCUT2D eigenvalue weighted by molar-refractivity contribution is 7.99. The fourth-order valence-electron chi connectivity index (χ4n) is 2.41. The zero-order chi connectivity index (χ0) is 16.0. The number of rotatable bonds is 6. The number of hydrogen-bond acceptors (Lipinski definition) is 7. The second-order valence-corrected chi connectivity index (χ2v) is 6.31. The lowest BCUT2D eigenvalue weighted by atomic mass is 9.93. The number of esters is 2. The molecule has 122 valence electrons. The summed E-state index contributed by atoms with van der Waals surface area (Å²) < 4.78 is 21.9. The Balaban J connectivity index is 2.89. The first-order chi connectivity index (χ1) is 9.90. The largest absolute Gasteiger partial charge is 0.463 e. The highest BCUT2D eigenvalue weighted by atomic mass is 32.2. The first-order valence-corrected chi connectivity index (χ1v) is 8.06. The second kappa shape index (κ2) is 8.60. The van der Waals surface area contributed by atoms with Gasteiger partial charge in [-0.05, 0) is 5.75 Å². The monoisotopic (exact) mass is 320 g/mol. The van der Waals surface area contributed by atoms with E-state index in [9.17, 15) is 9.59 Å². The Hall–Kier alpha value is -0.790. The van der Waals surface area contributed by atoms with E-state index in [0.29, 0.717) is 0 Å². The minimum Gasteiger partial charge on any atom is -0.463 e. The molecule has 0 aromatic carbocycles. The lowest BCUT2D eigenvalue weighted by Crippen LogP contribution is -2.56. The normalized spacial score (nSPS) is 32.5. The zero-order valence-corrected chi connectivity index (χ0v) is 14.0. The maximum Gasteiger partial charge on any atom is 0.303 e. The standard InChI is InChI=1S/C14H24O6S/c1-6-21-14-8(2)12(17-5)13(19-10(4)16)11(20-14)7-18-9(3)15/h8,11-14H,6-7H2,1-5H3/t8?,11?,12-,13+,14+/m1/s1. The van der Waals surface area contributed by atoms with E-state index in [4.69, 9.17) is 18.9 Å². The van der Waals surface area contributed by atoms with Crippen LogP contribution in [0.1, 0.15) is 27.7 Å². The Labute approximate surface area is 129 Å². The Kier molecular flexibility index (Phi) is 7.48. The molecule has 6 nitrogen and oxygen atoms in total. The predicted octanol–water partition coefficient (Wildman–Crippen LogP) is 1.61. The van der Waals surface area contributed by atoms with Gasteiger partial charge in [0.1, 0.15) is 24.3 Å². The van der Waals surface area contributed by atoms with Gasteiger partial charge >= 0.3 is 11.9 Å². The molecule has 1 aliphatic rings. The van der Waals surface area contributed by atoms with Crippen molar-refractivity contribution < 1.29 is 28.5 Å². The van der Waals surface area contributed by atoms with Crippen LogP contribution in [0.15, 0.2) is 0 Å². The Morgan fingerprint density at radius 3 is 2.33 bits per heavy atom. The van der Waals surface area contributed by atoms with Gasteiger partial charge < -0.3 is 18.9 Å². The zero-order valence-electron chi connectivity index (χ0n) is 13.2. The van der Waals surface area contributed by atoms with E-state index in [-0.39, 0.29) is 24.1 Å². The van der Waals surface area contributed by atoms with Gasteiger partial charge in [-0.25, -0.2) is 0 Å². The number of carbonyl (C=O) groups is 2. The van der Waals surface area contributed by atoms with Gasteiger partial charge in [0.2, 0.25) is 0 Å². The summed E-state index contributed by atoms with van der Waals surface area (Å²) >= 11 is 1.66. The average Bonchev–Trinajstić information content (AvgIpc) is 2.40. The van der Waals surface area contributed by atoms with Crippen LogP contribution in [0.2, 0.25) is 0 Å². The number of methoxy groups -OCH3 is 1. The van der Waals surface area contributed by atoms with E-state index in [1.165, 1.54) is 13.8 Å². The molecular formula is C14H24O6S. The molecule has 0 spiro atoms. The molecular weight excluding hydrogens is 296 g/mol. The minimum atomic E-state index is -0.587. The van der Waals surface area contributed by atoms with Crippen molar-refractivity contribution in [3.63, 3.8) is 0 Å². The van der Waals surface area contributed by atoms with Crippen LogP contribution in [0, 0.1) is 5.92 Å². The molecule has 1 fully saturated rings. The summed E-state index contributed by atoms with van der Waals surface area (Å²) in [4.78, 5) is 22.3. The molecule has 1 heterocycles. The van der Waals surface area contributed by atoms with E-state index >= 15 is 0 Å². The molecule has 0 aromatic heterocycles. The van der Waals surface area contributed by atoms with E-state index < -0.39 is 24.1 Å². The molecule has 0 saturated carbocycles. The average molecular weight is 320 g/mol. The van der Waals surface area contributed by atoms with Gasteiger partial charge in [-0.1, -0.05) is 13.8 Å². The number of carbonyl (C=O) groups excluding carboxylic acids is 2. The van der Waals surface area contributed by atoms with Crippen molar-refractivity contribution in [2.45, 2.75) is 51.4 Å². The van der Waals surface area contributed by atoms with Crippen molar-refractivity contribution in [1.82, 2.24) is 0 Å². The summed E-state index contributed by atoms with van der Waals surface area (Å²) in [7, 11) is 1.58. The van der Waals surface area contributed by atoms with Crippen LogP contribution in [0.25, 0.3) is 0 Å². The third-order valence-corrected chi connectivity index (χ3v) is 4.50. The van der Waals surface area contributed by atoms with Crippen LogP contribution in [-0.2, 0) is 28.5 Å². The molecule has 0 amide bonds. The molecule has 2 unspecified atom stereocenters. The molecule has 0 aromatic rings. The summed E-state index contributed by atoms with van der Waals surface area (Å²) in [5, 5.41) is 0. The summed E-state index contributed by atoms with van der Waals surface area (Å²) in [6, 6.07) is 0. The topological polar surface area (TPSA) is 71.1 Å². The van der Waals surface area contributed by atoms with Crippen molar-refractivity contribution in [1.29, 1.82) is 0 Å². The van der Waals surface area contributed by atoms with Crippen molar-refractivity contribution in [2.75, 3.05) is 19.5 Å². The number of thioether (sulfide) groups is 1. The fraction of sp³-hybridized carbons (Fsp3) is 0.857. The third kappa shape index (κ3) is 5.16. The molecule has 0 bridgehead atoms. The first-order valence-electron chi connectivity index (χ1n) is 7.01. The smallest absolute Gasteiger partial charge is 0.303 e. The Morgan fingerprint density at radius 1 is 1.19 bits per heavy atom.